The molecule has 6 atom stereocenters. The first kappa shape index (κ1) is 55.2. The summed E-state index contributed by atoms with van der Waals surface area (Å²) in [6, 6.07) is 51.1. The van der Waals surface area contributed by atoms with Crippen LogP contribution in [0, 0.1) is 6.92 Å². The maximum Gasteiger partial charge on any atom is 0.206 e. The number of aryl methyl sites for hydroxylation is 1. The number of epoxide rings is 4. The summed E-state index contributed by atoms with van der Waals surface area (Å²) in [6.45, 7) is 16.4. The number of ether oxygens (including phenoxy) is 8. The van der Waals surface area contributed by atoms with Gasteiger partial charge in [-0.25, -0.2) is 16.8 Å². The average Bonchev–Trinajstić information content (AvgIpc) is 4.31. The minimum Gasteiger partial charge on any atom is -0.497 e. The quantitative estimate of drug-likeness (QED) is 0.0629. The molecule has 4 aliphatic heterocycles. The molecule has 6 unspecified atom stereocenters. The average molecular weight is 1140 g/mol. The van der Waals surface area contributed by atoms with Crippen LogP contribution in [0.1, 0.15) is 104 Å². The second-order valence-electron chi connectivity index (χ2n) is 23.0. The van der Waals surface area contributed by atoms with Crippen molar-refractivity contribution in [3.63, 3.8) is 0 Å². The molecular formula is C68H66O12S2. The van der Waals surface area contributed by atoms with Crippen LogP contribution >= 0.6 is 0 Å². The highest BCUT2D eigenvalue weighted by Crippen LogP contribution is 2.48. The van der Waals surface area contributed by atoms with Crippen molar-refractivity contribution in [3.8, 4) is 40.2 Å². The van der Waals surface area contributed by atoms with Gasteiger partial charge in [-0.2, -0.15) is 0 Å². The summed E-state index contributed by atoms with van der Waals surface area (Å²) in [4.78, 5) is 0.607. The van der Waals surface area contributed by atoms with Crippen molar-refractivity contribution in [3.05, 3.63) is 220 Å². The Morgan fingerprint density at radius 1 is 0.439 bits per heavy atom. The zero-order valence-corrected chi connectivity index (χ0v) is 48.8. The third-order valence-corrected chi connectivity index (χ3v) is 20.1. The number of rotatable bonds is 21. The van der Waals surface area contributed by atoms with Gasteiger partial charge < -0.3 is 37.9 Å². The van der Waals surface area contributed by atoms with E-state index in [0.29, 0.717) is 66.3 Å². The highest BCUT2D eigenvalue weighted by molar-refractivity contribution is 7.91. The summed E-state index contributed by atoms with van der Waals surface area (Å²) >= 11 is 0. The molecule has 4 heterocycles. The van der Waals surface area contributed by atoms with Crippen LogP contribution in [-0.4, -0.2) is 61.6 Å². The summed E-state index contributed by atoms with van der Waals surface area (Å²) in [7, 11) is -6.11. The minimum absolute atomic E-state index is 0.0485. The molecule has 0 radical (unpaired) electrons. The van der Waals surface area contributed by atoms with Crippen LogP contribution in [0.15, 0.2) is 189 Å². The monoisotopic (exact) mass is 1140 g/mol. The van der Waals surface area contributed by atoms with Gasteiger partial charge in [0.05, 0.1) is 64.3 Å². The first-order valence-electron chi connectivity index (χ1n) is 27.8. The summed E-state index contributed by atoms with van der Waals surface area (Å²) in [5.74, 6) is 4.06. The van der Waals surface area contributed by atoms with E-state index in [-0.39, 0.29) is 61.6 Å². The maximum atomic E-state index is 14.1. The molecule has 0 bridgehead atoms. The lowest BCUT2D eigenvalue weighted by molar-refractivity contribution is 0.376. The van der Waals surface area contributed by atoms with Crippen LogP contribution in [0.5, 0.6) is 40.2 Å². The predicted octanol–water partition coefficient (Wildman–Crippen LogP) is 14.5. The molecule has 82 heavy (non-hydrogen) atoms. The number of sulfone groups is 2. The minimum atomic E-state index is -3.90. The van der Waals surface area contributed by atoms with Crippen molar-refractivity contribution in [2.24, 2.45) is 0 Å². The maximum absolute atomic E-state index is 14.1. The number of hydrogen-bond acceptors (Lipinski definition) is 12. The second kappa shape index (κ2) is 21.5. The first-order chi connectivity index (χ1) is 39.2. The molecule has 422 valence electrons. The fraction of sp³-hybridized carbons (Fsp3) is 0.294. The van der Waals surface area contributed by atoms with Gasteiger partial charge in [-0.3, -0.25) is 0 Å². The molecule has 4 saturated heterocycles. The Morgan fingerprint density at radius 3 is 1.12 bits per heavy atom. The van der Waals surface area contributed by atoms with Crippen molar-refractivity contribution in [1.29, 1.82) is 0 Å². The van der Waals surface area contributed by atoms with Crippen molar-refractivity contribution in [1.82, 2.24) is 0 Å². The number of benzene rings is 8. The number of hydrogen-bond donors (Lipinski definition) is 0. The van der Waals surface area contributed by atoms with Crippen LogP contribution in [0.4, 0.5) is 0 Å². The van der Waals surface area contributed by atoms with Crippen molar-refractivity contribution in [2.45, 2.75) is 128 Å². The lowest BCUT2D eigenvalue weighted by Crippen LogP contribution is -2.20. The predicted molar refractivity (Wildman–Crippen MR) is 312 cm³/mol. The van der Waals surface area contributed by atoms with Gasteiger partial charge in [-0.15, -0.1) is 0 Å². The Morgan fingerprint density at radius 2 is 0.756 bits per heavy atom. The second-order valence-corrected chi connectivity index (χ2v) is 26.9. The molecule has 0 saturated carbocycles. The Bertz CT molecular complexity index is 3920. The van der Waals surface area contributed by atoms with E-state index in [9.17, 15) is 16.8 Å². The van der Waals surface area contributed by atoms with Crippen LogP contribution in [-0.2, 0) is 62.3 Å². The molecular weight excluding hydrogens is 1070 g/mol. The van der Waals surface area contributed by atoms with Crippen molar-refractivity contribution >= 4 is 19.7 Å². The van der Waals surface area contributed by atoms with Gasteiger partial charge in [0.25, 0.3) is 0 Å². The van der Waals surface area contributed by atoms with Gasteiger partial charge in [-0.1, -0.05) is 76.2 Å². The standard InChI is InChI=1S/C68H66O12S2/c1-41-9-10-48(37-60(41)65-42(2)76-65)68(6,7)49-13-32-64(61(38-49)66-43(3)77-66)80-53-20-28-59(29-21-53)82(71,72)58-26-18-52(19-27-58)79-63-31-12-47(34-45(63)36-55-40-75-55)67(4,5)46-11-30-62(44(33-46)35-54-39-74-54)78-51-16-24-57(25-17-51)81(69,70)56-22-14-50(73-8)15-23-56/h9-34,37-38,42-43,54-55,65-66H,35-36,39-40H2,1-8H3. The van der Waals surface area contributed by atoms with Gasteiger partial charge >= 0.3 is 0 Å². The normalized spacial score (nSPS) is 20.2. The SMILES string of the molecule is COc1ccc(S(=O)(=O)c2ccc(Oc3ccc(C(C)(C)c4ccc(Oc5ccc(S(=O)(=O)c6ccc(Oc7ccc(C(C)(C)c8ccc(C)c(C9OC9C)c8)cc7C7OC7C)cc6)cc5)c(CC5CO5)c4)cc3CC3CO3)cc2)cc1. The highest BCUT2D eigenvalue weighted by Gasteiger charge is 2.41. The number of methoxy groups -OCH3 is 1. The van der Waals surface area contributed by atoms with E-state index in [1.807, 2.05) is 25.1 Å². The Labute approximate surface area is 480 Å². The molecule has 8 aromatic carbocycles. The molecule has 0 aromatic heterocycles. The topological polar surface area (TPSA) is 155 Å². The molecule has 0 amide bonds. The Hall–Kier alpha value is -7.30. The van der Waals surface area contributed by atoms with E-state index in [0.717, 1.165) is 33.4 Å². The van der Waals surface area contributed by atoms with Crippen LogP contribution in [0.2, 0.25) is 0 Å². The van der Waals surface area contributed by atoms with Gasteiger partial charge in [-0.05, 0) is 187 Å². The molecule has 0 spiro atoms. The molecule has 14 heteroatoms. The van der Waals surface area contributed by atoms with Crippen LogP contribution < -0.4 is 18.9 Å². The fourth-order valence-corrected chi connectivity index (χ4v) is 13.3. The molecule has 0 aliphatic carbocycles. The molecule has 12 nitrogen and oxygen atoms in total. The summed E-state index contributed by atoms with van der Waals surface area (Å²) in [6.07, 6.45) is 1.76. The van der Waals surface area contributed by atoms with Gasteiger partial charge in [0, 0.05) is 29.2 Å². The van der Waals surface area contributed by atoms with E-state index < -0.39 is 25.1 Å². The molecule has 4 aliphatic rings. The van der Waals surface area contributed by atoms with E-state index in [1.54, 1.807) is 84.9 Å². The molecule has 4 fully saturated rings. The molecule has 8 aromatic rings. The van der Waals surface area contributed by atoms with Crippen molar-refractivity contribution < 1.29 is 54.7 Å². The fourth-order valence-electron chi connectivity index (χ4n) is 10.7. The zero-order chi connectivity index (χ0) is 57.3. The van der Waals surface area contributed by atoms with E-state index in [2.05, 4.69) is 96.1 Å². The first-order valence-corrected chi connectivity index (χ1v) is 30.8. The smallest absolute Gasteiger partial charge is 0.206 e. The third-order valence-electron chi connectivity index (χ3n) is 16.5. The third kappa shape index (κ3) is 11.4. The van der Waals surface area contributed by atoms with E-state index in [1.165, 1.54) is 35.9 Å². The lowest BCUT2D eigenvalue weighted by Gasteiger charge is -2.28. The van der Waals surface area contributed by atoms with E-state index in [4.69, 9.17) is 37.9 Å². The zero-order valence-electron chi connectivity index (χ0n) is 47.2. The van der Waals surface area contributed by atoms with E-state index >= 15 is 0 Å². The Balaban J connectivity index is 0.724. The summed E-state index contributed by atoms with van der Waals surface area (Å²) in [5.41, 5.74) is 9.06. The van der Waals surface area contributed by atoms with Gasteiger partial charge in [0.15, 0.2) is 0 Å². The van der Waals surface area contributed by atoms with Crippen molar-refractivity contribution in [2.75, 3.05) is 20.3 Å². The van der Waals surface area contributed by atoms with Crippen LogP contribution in [0.25, 0.3) is 0 Å². The Kier molecular flexibility index (Phi) is 14.5. The summed E-state index contributed by atoms with van der Waals surface area (Å²) < 4.78 is 103. The lowest BCUT2D eigenvalue weighted by atomic mass is 9.76. The summed E-state index contributed by atoms with van der Waals surface area (Å²) in [5, 5.41) is 0. The van der Waals surface area contributed by atoms with Gasteiger partial charge in [0.1, 0.15) is 52.5 Å². The largest absolute Gasteiger partial charge is 0.497 e. The molecule has 12 rings (SSSR count). The van der Waals surface area contributed by atoms with Crippen LogP contribution in [0.3, 0.4) is 0 Å². The highest BCUT2D eigenvalue weighted by atomic mass is 32.2. The van der Waals surface area contributed by atoms with Gasteiger partial charge in [0.2, 0.25) is 19.7 Å². The molecule has 0 N–H and O–H groups in total.